The van der Waals surface area contributed by atoms with Gasteiger partial charge in [0.2, 0.25) is 0 Å². The maximum Gasteiger partial charge on any atom is 0.0616 e. The number of hydrogen-bond donors (Lipinski definition) is 1. The molecule has 3 atom stereocenters. The molecule has 2 aliphatic carbocycles. The van der Waals surface area contributed by atoms with Crippen LogP contribution in [0.25, 0.3) is 0 Å². The molecule has 2 fully saturated rings. The van der Waals surface area contributed by atoms with E-state index in [-0.39, 0.29) is 6.10 Å². The van der Waals surface area contributed by atoms with Crippen molar-refractivity contribution in [2.24, 2.45) is 11.8 Å². The van der Waals surface area contributed by atoms with Gasteiger partial charge in [-0.05, 0) is 30.0 Å². The molecule has 2 saturated carbocycles. The fourth-order valence-electron chi connectivity index (χ4n) is 2.07. The van der Waals surface area contributed by atoms with Crippen LogP contribution in [0.2, 0.25) is 0 Å². The average Bonchev–Trinajstić information content (AvgIpc) is 2.22. The van der Waals surface area contributed by atoms with Crippen molar-refractivity contribution in [3.8, 4) is 0 Å². The summed E-state index contributed by atoms with van der Waals surface area (Å²) in [6, 6.07) is 0. The summed E-state index contributed by atoms with van der Waals surface area (Å²) < 4.78 is 0. The summed E-state index contributed by atoms with van der Waals surface area (Å²) in [5.74, 6) is 1.13. The van der Waals surface area contributed by atoms with Gasteiger partial charge in [0.1, 0.15) is 0 Å². The van der Waals surface area contributed by atoms with E-state index >= 15 is 0 Å². The van der Waals surface area contributed by atoms with Gasteiger partial charge in [-0.1, -0.05) is 12.2 Å². The third-order valence-electron chi connectivity index (χ3n) is 2.53. The molecular weight excluding hydrogens is 132 g/mol. The molecule has 0 saturated heterocycles. The second kappa shape index (κ2) is 1.77. The van der Waals surface area contributed by atoms with E-state index in [9.17, 15) is 5.11 Å². The minimum atomic E-state index is -0.0868. The fraction of sp³-hybridized carbons (Fsp3) is 0.857. The molecule has 0 heterocycles. The van der Waals surface area contributed by atoms with E-state index in [1.807, 2.05) is 0 Å². The normalized spacial score (nSPS) is 48.6. The van der Waals surface area contributed by atoms with E-state index in [1.165, 1.54) is 6.42 Å². The molecule has 0 radical (unpaired) electrons. The van der Waals surface area contributed by atoms with Crippen LogP contribution >= 0.6 is 12.2 Å². The van der Waals surface area contributed by atoms with Crippen molar-refractivity contribution in [1.82, 2.24) is 0 Å². The van der Waals surface area contributed by atoms with Crippen molar-refractivity contribution in [2.75, 3.05) is 0 Å². The van der Waals surface area contributed by atoms with Gasteiger partial charge in [0.15, 0.2) is 0 Å². The zero-order valence-corrected chi connectivity index (χ0v) is 6.03. The van der Waals surface area contributed by atoms with Crippen LogP contribution in [0.5, 0.6) is 0 Å². The van der Waals surface area contributed by atoms with E-state index in [0.29, 0.717) is 5.92 Å². The van der Waals surface area contributed by atoms with Crippen LogP contribution in [-0.2, 0) is 0 Å². The van der Waals surface area contributed by atoms with Crippen molar-refractivity contribution in [1.29, 1.82) is 0 Å². The Bertz CT molecular complexity index is 155. The molecule has 2 bridgehead atoms. The van der Waals surface area contributed by atoms with Gasteiger partial charge in [-0.3, -0.25) is 0 Å². The Morgan fingerprint density at radius 2 is 2.22 bits per heavy atom. The summed E-state index contributed by atoms with van der Waals surface area (Å²) in [6.07, 6.45) is 3.19. The van der Waals surface area contributed by atoms with Crippen LogP contribution in [0.4, 0.5) is 0 Å². The van der Waals surface area contributed by atoms with Gasteiger partial charge in [0.25, 0.3) is 0 Å². The quantitative estimate of drug-likeness (QED) is 0.512. The summed E-state index contributed by atoms with van der Waals surface area (Å²) in [5.41, 5.74) is 0. The lowest BCUT2D eigenvalue weighted by Crippen LogP contribution is -2.22. The molecule has 0 aromatic carbocycles. The highest BCUT2D eigenvalue weighted by molar-refractivity contribution is 7.80. The van der Waals surface area contributed by atoms with Gasteiger partial charge in [-0.2, -0.15) is 0 Å². The third kappa shape index (κ3) is 0.733. The van der Waals surface area contributed by atoms with Gasteiger partial charge in [0, 0.05) is 5.92 Å². The van der Waals surface area contributed by atoms with Crippen LogP contribution in [0, 0.1) is 11.8 Å². The van der Waals surface area contributed by atoms with Gasteiger partial charge in [-0.25, -0.2) is 0 Å². The molecule has 0 unspecified atom stereocenters. The minimum absolute atomic E-state index is 0.0868. The van der Waals surface area contributed by atoms with Crippen molar-refractivity contribution >= 4 is 17.1 Å². The van der Waals surface area contributed by atoms with Gasteiger partial charge >= 0.3 is 0 Å². The lowest BCUT2D eigenvalue weighted by Gasteiger charge is -2.16. The number of aliphatic hydroxyl groups excluding tert-OH is 1. The molecule has 2 heteroatoms. The first-order chi connectivity index (χ1) is 4.27. The lowest BCUT2D eigenvalue weighted by molar-refractivity contribution is 0.151. The highest BCUT2D eigenvalue weighted by Gasteiger charge is 2.41. The summed E-state index contributed by atoms with van der Waals surface area (Å²) in [4.78, 5) is 1.12. The van der Waals surface area contributed by atoms with Gasteiger partial charge in [-0.15, -0.1) is 0 Å². The van der Waals surface area contributed by atoms with Crippen LogP contribution in [0.15, 0.2) is 0 Å². The average molecular weight is 142 g/mol. The molecule has 50 valence electrons. The minimum Gasteiger partial charge on any atom is -0.392 e. The first-order valence-corrected chi connectivity index (χ1v) is 3.89. The molecule has 2 aliphatic rings. The largest absolute Gasteiger partial charge is 0.392 e. The number of thiocarbonyl (C=S) groups is 1. The highest BCUT2D eigenvalue weighted by atomic mass is 32.1. The smallest absolute Gasteiger partial charge is 0.0616 e. The Balaban J connectivity index is 2.21. The Kier molecular flexibility index (Phi) is 1.14. The topological polar surface area (TPSA) is 20.2 Å². The van der Waals surface area contributed by atoms with Crippen LogP contribution in [0.1, 0.15) is 19.3 Å². The Morgan fingerprint density at radius 1 is 1.44 bits per heavy atom. The molecule has 9 heavy (non-hydrogen) atoms. The molecule has 1 nitrogen and oxygen atoms in total. The summed E-state index contributed by atoms with van der Waals surface area (Å²) >= 11 is 5.09. The van der Waals surface area contributed by atoms with E-state index < -0.39 is 0 Å². The number of fused-ring (bicyclic) bond motifs is 2. The molecule has 0 aromatic heterocycles. The fourth-order valence-corrected chi connectivity index (χ4v) is 2.56. The summed E-state index contributed by atoms with van der Waals surface area (Å²) in [6.45, 7) is 0. The number of aliphatic hydroxyl groups is 1. The van der Waals surface area contributed by atoms with E-state index in [4.69, 9.17) is 12.2 Å². The molecule has 2 rings (SSSR count). The maximum absolute atomic E-state index is 9.30. The zero-order chi connectivity index (χ0) is 6.43. The predicted octanol–water partition coefficient (Wildman–Crippen LogP) is 1.15. The Hall–Kier alpha value is 0.0500. The van der Waals surface area contributed by atoms with Gasteiger partial charge in [0.05, 0.1) is 6.10 Å². The number of rotatable bonds is 0. The number of hydrogen-bond acceptors (Lipinski definition) is 2. The monoisotopic (exact) mass is 142 g/mol. The molecule has 1 N–H and O–H groups in total. The summed E-state index contributed by atoms with van der Waals surface area (Å²) in [5, 5.41) is 9.30. The van der Waals surface area contributed by atoms with Gasteiger partial charge < -0.3 is 5.11 Å². The second-order valence-corrected chi connectivity index (χ2v) is 3.71. The van der Waals surface area contributed by atoms with Crippen molar-refractivity contribution in [3.63, 3.8) is 0 Å². The molecule has 0 aliphatic heterocycles. The van der Waals surface area contributed by atoms with E-state index in [1.54, 1.807) is 0 Å². The van der Waals surface area contributed by atoms with Crippen LogP contribution < -0.4 is 0 Å². The van der Waals surface area contributed by atoms with E-state index in [2.05, 4.69) is 0 Å². The standard InChI is InChI=1S/C7H10OS/c8-6-2-4-1-5(6)7(9)3-4/h4-6,8H,1-3H2/t4-,5+,6+/m1/s1. The van der Waals surface area contributed by atoms with Crippen molar-refractivity contribution < 1.29 is 5.11 Å². The molecular formula is C7H10OS. The van der Waals surface area contributed by atoms with Crippen LogP contribution in [-0.4, -0.2) is 16.1 Å². The SMILES string of the molecule is O[C@H]1C[C@@H]2CC(=S)[C@H]1C2. The van der Waals surface area contributed by atoms with Crippen LogP contribution in [0.3, 0.4) is 0 Å². The molecule has 0 aromatic rings. The Morgan fingerprint density at radius 3 is 2.56 bits per heavy atom. The van der Waals surface area contributed by atoms with E-state index in [0.717, 1.165) is 23.6 Å². The first-order valence-electron chi connectivity index (χ1n) is 3.48. The molecule has 0 spiro atoms. The summed E-state index contributed by atoms with van der Waals surface area (Å²) in [7, 11) is 0. The maximum atomic E-state index is 9.30. The van der Waals surface area contributed by atoms with Crippen molar-refractivity contribution in [2.45, 2.75) is 25.4 Å². The zero-order valence-electron chi connectivity index (χ0n) is 5.21. The second-order valence-electron chi connectivity index (χ2n) is 3.18. The third-order valence-corrected chi connectivity index (χ3v) is 3.00. The first kappa shape index (κ1) is 5.81. The van der Waals surface area contributed by atoms with Crippen molar-refractivity contribution in [3.05, 3.63) is 0 Å². The Labute approximate surface area is 60.1 Å². The predicted molar refractivity (Wildman–Crippen MR) is 39.4 cm³/mol. The molecule has 0 amide bonds. The lowest BCUT2D eigenvalue weighted by atomic mass is 9.98. The highest BCUT2D eigenvalue weighted by Crippen LogP contribution is 2.42.